The minimum atomic E-state index is -0.351. The summed E-state index contributed by atoms with van der Waals surface area (Å²) in [4.78, 5) is 22.9. The summed E-state index contributed by atoms with van der Waals surface area (Å²) in [5.41, 5.74) is 0.839. The van der Waals surface area contributed by atoms with E-state index in [-0.39, 0.29) is 11.1 Å². The molecular formula is C15H13NO4S. The molecule has 0 bridgehead atoms. The number of carbonyl (C=O) groups is 2. The van der Waals surface area contributed by atoms with Crippen molar-refractivity contribution >= 4 is 29.0 Å². The Balaban J connectivity index is 1.62. The van der Waals surface area contributed by atoms with Crippen LogP contribution in [-0.4, -0.2) is 24.4 Å². The number of ether oxygens (including phenoxy) is 2. The molecule has 2 heterocycles. The summed E-state index contributed by atoms with van der Waals surface area (Å²) in [5, 5.41) is 1.89. The van der Waals surface area contributed by atoms with Gasteiger partial charge >= 0.3 is 0 Å². The van der Waals surface area contributed by atoms with Crippen LogP contribution in [0.25, 0.3) is 6.08 Å². The van der Waals surface area contributed by atoms with Crippen molar-refractivity contribution in [3.8, 4) is 5.75 Å². The van der Waals surface area contributed by atoms with Crippen molar-refractivity contribution in [3.63, 3.8) is 0 Å². The van der Waals surface area contributed by atoms with Crippen LogP contribution in [0.15, 0.2) is 41.0 Å². The van der Waals surface area contributed by atoms with Crippen LogP contribution in [0.3, 0.4) is 0 Å². The molecule has 21 heavy (non-hydrogen) atoms. The largest absolute Gasteiger partial charge is 0.494 e. The minimum Gasteiger partial charge on any atom is -0.494 e. The quantitative estimate of drug-likeness (QED) is 0.866. The SMILES string of the molecule is O=C1NC(=O)/C(=C/c2ccc(OCC3=CCCO3)cc2)S1. The highest BCUT2D eigenvalue weighted by atomic mass is 32.2. The zero-order valence-corrected chi connectivity index (χ0v) is 11.9. The number of rotatable bonds is 4. The van der Waals surface area contributed by atoms with Crippen LogP contribution in [-0.2, 0) is 9.53 Å². The first-order valence-electron chi connectivity index (χ1n) is 6.50. The topological polar surface area (TPSA) is 64.6 Å². The lowest BCUT2D eigenvalue weighted by Crippen LogP contribution is -2.17. The van der Waals surface area contributed by atoms with Gasteiger partial charge in [-0.25, -0.2) is 0 Å². The molecule has 1 N–H and O–H groups in total. The molecule has 0 saturated carbocycles. The molecule has 0 unspecified atom stereocenters. The lowest BCUT2D eigenvalue weighted by Gasteiger charge is -2.07. The van der Waals surface area contributed by atoms with Crippen molar-refractivity contribution in [2.24, 2.45) is 0 Å². The van der Waals surface area contributed by atoms with Gasteiger partial charge in [0, 0.05) is 6.42 Å². The highest BCUT2D eigenvalue weighted by molar-refractivity contribution is 8.18. The fraction of sp³-hybridized carbons (Fsp3) is 0.200. The number of amides is 2. The maximum atomic E-state index is 11.4. The summed E-state index contributed by atoms with van der Waals surface area (Å²) in [6.45, 7) is 1.15. The van der Waals surface area contributed by atoms with E-state index < -0.39 is 0 Å². The Morgan fingerprint density at radius 3 is 2.71 bits per heavy atom. The van der Waals surface area contributed by atoms with Gasteiger partial charge in [0.05, 0.1) is 11.5 Å². The molecule has 1 aromatic carbocycles. The van der Waals surface area contributed by atoms with Gasteiger partial charge in [0.25, 0.3) is 11.1 Å². The molecule has 0 aliphatic carbocycles. The second-order valence-corrected chi connectivity index (χ2v) is 5.53. The first-order valence-corrected chi connectivity index (χ1v) is 7.32. The molecule has 0 aromatic heterocycles. The average molecular weight is 303 g/mol. The van der Waals surface area contributed by atoms with Gasteiger partial charge in [-0.05, 0) is 41.6 Å². The number of benzene rings is 1. The Morgan fingerprint density at radius 1 is 1.29 bits per heavy atom. The zero-order valence-electron chi connectivity index (χ0n) is 11.1. The van der Waals surface area contributed by atoms with E-state index in [9.17, 15) is 9.59 Å². The molecule has 6 heteroatoms. The first-order chi connectivity index (χ1) is 10.2. The maximum absolute atomic E-state index is 11.4. The third kappa shape index (κ3) is 3.46. The Labute approximate surface area is 126 Å². The third-order valence-electron chi connectivity index (χ3n) is 2.98. The van der Waals surface area contributed by atoms with E-state index in [1.165, 1.54) is 0 Å². The lowest BCUT2D eigenvalue weighted by molar-refractivity contribution is -0.115. The molecule has 0 atom stereocenters. The van der Waals surface area contributed by atoms with Gasteiger partial charge in [0.1, 0.15) is 18.1 Å². The van der Waals surface area contributed by atoms with Crippen LogP contribution >= 0.6 is 11.8 Å². The Kier molecular flexibility index (Phi) is 3.96. The molecule has 1 aromatic rings. The molecule has 0 spiro atoms. The molecule has 1 fully saturated rings. The van der Waals surface area contributed by atoms with Gasteiger partial charge in [-0.15, -0.1) is 0 Å². The highest BCUT2D eigenvalue weighted by Gasteiger charge is 2.24. The average Bonchev–Trinajstić information content (AvgIpc) is 3.08. The molecule has 2 aliphatic rings. The van der Waals surface area contributed by atoms with E-state index in [0.29, 0.717) is 11.5 Å². The van der Waals surface area contributed by atoms with Crippen molar-refractivity contribution in [1.29, 1.82) is 0 Å². The smallest absolute Gasteiger partial charge is 0.290 e. The molecule has 2 aliphatic heterocycles. The normalized spacial score (nSPS) is 19.4. The van der Waals surface area contributed by atoms with Crippen molar-refractivity contribution in [1.82, 2.24) is 5.32 Å². The second-order valence-electron chi connectivity index (χ2n) is 4.52. The van der Waals surface area contributed by atoms with Crippen LogP contribution in [0.1, 0.15) is 12.0 Å². The van der Waals surface area contributed by atoms with Crippen molar-refractivity contribution in [3.05, 3.63) is 46.6 Å². The number of nitrogens with one attached hydrogen (secondary N) is 1. The number of imide groups is 1. The van der Waals surface area contributed by atoms with E-state index in [4.69, 9.17) is 9.47 Å². The molecular weight excluding hydrogens is 290 g/mol. The minimum absolute atomic E-state index is 0.337. The van der Waals surface area contributed by atoms with Gasteiger partial charge < -0.3 is 9.47 Å². The molecule has 3 rings (SSSR count). The standard InChI is InChI=1S/C15H13NO4S/c17-14-13(21-15(18)16-14)8-10-3-5-11(6-4-10)20-9-12-2-1-7-19-12/h2-6,8H,1,7,9H2,(H,16,17,18)/b13-8-. The summed E-state index contributed by atoms with van der Waals surface area (Å²) < 4.78 is 11.0. The maximum Gasteiger partial charge on any atom is 0.290 e. The molecule has 108 valence electrons. The van der Waals surface area contributed by atoms with E-state index in [2.05, 4.69) is 5.32 Å². The zero-order chi connectivity index (χ0) is 14.7. The summed E-state index contributed by atoms with van der Waals surface area (Å²) in [6.07, 6.45) is 4.63. The van der Waals surface area contributed by atoms with E-state index >= 15 is 0 Å². The van der Waals surface area contributed by atoms with Crippen LogP contribution in [0.4, 0.5) is 4.79 Å². The summed E-state index contributed by atoms with van der Waals surface area (Å²) in [7, 11) is 0. The molecule has 2 amide bonds. The van der Waals surface area contributed by atoms with Crippen LogP contribution in [0, 0.1) is 0 Å². The highest BCUT2D eigenvalue weighted by Crippen LogP contribution is 2.26. The molecule has 0 radical (unpaired) electrons. The Hall–Kier alpha value is -2.21. The molecule has 1 saturated heterocycles. The van der Waals surface area contributed by atoms with Gasteiger partial charge in [-0.3, -0.25) is 14.9 Å². The summed E-state index contributed by atoms with van der Waals surface area (Å²) in [6, 6.07) is 7.31. The van der Waals surface area contributed by atoms with Crippen LogP contribution in [0.2, 0.25) is 0 Å². The van der Waals surface area contributed by atoms with Gasteiger partial charge in [-0.1, -0.05) is 12.1 Å². The monoisotopic (exact) mass is 303 g/mol. The van der Waals surface area contributed by atoms with Crippen molar-refractivity contribution in [2.45, 2.75) is 6.42 Å². The fourth-order valence-electron chi connectivity index (χ4n) is 1.96. The van der Waals surface area contributed by atoms with Gasteiger partial charge in [-0.2, -0.15) is 0 Å². The summed E-state index contributed by atoms with van der Waals surface area (Å²) >= 11 is 0.906. The third-order valence-corrected chi connectivity index (χ3v) is 3.79. The number of hydrogen-bond acceptors (Lipinski definition) is 5. The van der Waals surface area contributed by atoms with Crippen molar-refractivity contribution in [2.75, 3.05) is 13.2 Å². The first kappa shape index (κ1) is 13.8. The van der Waals surface area contributed by atoms with Gasteiger partial charge in [0.2, 0.25) is 0 Å². The predicted octanol–water partition coefficient (Wildman–Crippen LogP) is 2.69. The van der Waals surface area contributed by atoms with E-state index in [0.717, 1.165) is 41.9 Å². The lowest BCUT2D eigenvalue weighted by atomic mass is 10.2. The summed E-state index contributed by atoms with van der Waals surface area (Å²) in [5.74, 6) is 1.24. The van der Waals surface area contributed by atoms with E-state index in [1.807, 2.05) is 30.3 Å². The van der Waals surface area contributed by atoms with Gasteiger partial charge in [0.15, 0.2) is 0 Å². The predicted molar refractivity (Wildman–Crippen MR) is 79.7 cm³/mol. The number of carbonyl (C=O) groups excluding carboxylic acids is 2. The van der Waals surface area contributed by atoms with Crippen molar-refractivity contribution < 1.29 is 19.1 Å². The second kappa shape index (κ2) is 6.05. The molecule has 5 nitrogen and oxygen atoms in total. The Bertz CT molecular complexity index is 634. The number of thioether (sulfide) groups is 1. The van der Waals surface area contributed by atoms with Crippen LogP contribution < -0.4 is 10.1 Å². The number of hydrogen-bond donors (Lipinski definition) is 1. The van der Waals surface area contributed by atoms with E-state index in [1.54, 1.807) is 6.08 Å². The van der Waals surface area contributed by atoms with Crippen LogP contribution in [0.5, 0.6) is 5.75 Å². The fourth-order valence-corrected chi connectivity index (χ4v) is 2.64. The Morgan fingerprint density at radius 2 is 2.10 bits per heavy atom.